The van der Waals surface area contributed by atoms with E-state index in [0.717, 1.165) is 16.6 Å². The quantitative estimate of drug-likeness (QED) is 0.774. The molecular formula is C18H17ClN2O3. The molecule has 3 aromatic rings. The largest absolute Gasteiger partial charge is 0.419 e. The lowest BCUT2D eigenvalue weighted by atomic mass is 10.1. The molecule has 2 aromatic carbocycles. The molecule has 1 amide bonds. The van der Waals surface area contributed by atoms with Crippen LogP contribution >= 0.6 is 11.6 Å². The van der Waals surface area contributed by atoms with Crippen molar-refractivity contribution in [1.82, 2.24) is 9.88 Å². The molecule has 1 heterocycles. The number of aryl methyl sites for hydroxylation is 1. The molecule has 0 saturated carbocycles. The molecule has 1 N–H and O–H groups in total. The summed E-state index contributed by atoms with van der Waals surface area (Å²) >= 11 is 5.91. The van der Waals surface area contributed by atoms with Gasteiger partial charge in [-0.1, -0.05) is 29.8 Å². The first kappa shape index (κ1) is 16.3. The Kier molecular flexibility index (Phi) is 4.71. The molecule has 0 radical (unpaired) electrons. The lowest BCUT2D eigenvalue weighted by Gasteiger charge is -2.06. The molecule has 3 rings (SSSR count). The van der Waals surface area contributed by atoms with Crippen LogP contribution in [0.4, 0.5) is 0 Å². The topological polar surface area (TPSA) is 64.2 Å². The molecule has 0 saturated heterocycles. The number of amides is 1. The zero-order chi connectivity index (χ0) is 17.1. The first-order valence-corrected chi connectivity index (χ1v) is 8.00. The van der Waals surface area contributed by atoms with Crippen molar-refractivity contribution in [3.63, 3.8) is 0 Å². The number of nitrogens with zero attached hydrogens (tertiary/aromatic N) is 1. The van der Waals surface area contributed by atoms with Crippen LogP contribution in [0.25, 0.3) is 11.1 Å². The highest BCUT2D eigenvalue weighted by atomic mass is 35.5. The number of carbonyl (C=O) groups is 1. The van der Waals surface area contributed by atoms with Crippen LogP contribution in [0.5, 0.6) is 0 Å². The summed E-state index contributed by atoms with van der Waals surface area (Å²) in [7, 11) is 1.67. The molecule has 0 unspecified atom stereocenters. The average Bonchev–Trinajstić information content (AvgIpc) is 2.81. The summed E-state index contributed by atoms with van der Waals surface area (Å²) in [6, 6.07) is 12.9. The van der Waals surface area contributed by atoms with E-state index in [2.05, 4.69) is 5.32 Å². The number of fused-ring (bicyclic) bond motifs is 1. The second-order valence-electron chi connectivity index (χ2n) is 5.64. The Hall–Kier alpha value is -2.53. The van der Waals surface area contributed by atoms with Crippen LogP contribution < -0.4 is 11.1 Å². The normalized spacial score (nSPS) is 10.9. The molecular weight excluding hydrogens is 328 g/mol. The number of benzene rings is 2. The molecule has 5 nitrogen and oxygen atoms in total. The number of nitrogens with one attached hydrogen (secondary N) is 1. The minimum absolute atomic E-state index is 0.0513. The van der Waals surface area contributed by atoms with Crippen molar-refractivity contribution in [2.24, 2.45) is 7.05 Å². The molecule has 24 heavy (non-hydrogen) atoms. The average molecular weight is 345 g/mol. The second-order valence-corrected chi connectivity index (χ2v) is 6.07. The smallest absolute Gasteiger partial charge is 0.408 e. The number of hydrogen-bond acceptors (Lipinski definition) is 3. The highest BCUT2D eigenvalue weighted by Gasteiger charge is 2.07. The lowest BCUT2D eigenvalue weighted by Crippen LogP contribution is -2.27. The van der Waals surface area contributed by atoms with Crippen LogP contribution in [0.1, 0.15) is 11.1 Å². The van der Waals surface area contributed by atoms with Gasteiger partial charge in [0.25, 0.3) is 0 Å². The SMILES string of the molecule is Cn1c(=O)oc2cc(CCNC(=O)Cc3cccc(Cl)c3)ccc21. The number of aromatic nitrogens is 1. The van der Waals surface area contributed by atoms with Crippen LogP contribution in [0.15, 0.2) is 51.7 Å². The van der Waals surface area contributed by atoms with Gasteiger partial charge in [0.2, 0.25) is 5.91 Å². The number of carbonyl (C=O) groups excluding carboxylic acids is 1. The summed E-state index contributed by atoms with van der Waals surface area (Å²) in [5, 5.41) is 3.51. The van der Waals surface area contributed by atoms with Gasteiger partial charge in [0.1, 0.15) is 0 Å². The Balaban J connectivity index is 1.56. The molecule has 0 aliphatic rings. The monoisotopic (exact) mass is 344 g/mol. The van der Waals surface area contributed by atoms with Crippen molar-refractivity contribution in [1.29, 1.82) is 0 Å². The van der Waals surface area contributed by atoms with Crippen LogP contribution in [-0.2, 0) is 24.7 Å². The zero-order valence-electron chi connectivity index (χ0n) is 13.2. The standard InChI is InChI=1S/C18H17ClN2O3/c1-21-15-6-5-12(10-16(15)24-18(21)23)7-8-20-17(22)11-13-3-2-4-14(19)9-13/h2-6,9-10H,7-8,11H2,1H3,(H,20,22). The minimum atomic E-state index is -0.378. The third-order valence-corrected chi connectivity index (χ3v) is 4.08. The molecule has 0 spiro atoms. The molecule has 6 heteroatoms. The second kappa shape index (κ2) is 6.93. The Morgan fingerprint density at radius 1 is 1.21 bits per heavy atom. The van der Waals surface area contributed by atoms with Crippen LogP contribution in [0, 0.1) is 0 Å². The third-order valence-electron chi connectivity index (χ3n) is 3.85. The zero-order valence-corrected chi connectivity index (χ0v) is 14.0. The summed E-state index contributed by atoms with van der Waals surface area (Å²) < 4.78 is 6.63. The summed E-state index contributed by atoms with van der Waals surface area (Å²) in [5.41, 5.74) is 3.20. The van der Waals surface area contributed by atoms with Crippen LogP contribution in [0.3, 0.4) is 0 Å². The fourth-order valence-electron chi connectivity index (χ4n) is 2.57. The third kappa shape index (κ3) is 3.68. The van der Waals surface area contributed by atoms with Gasteiger partial charge in [-0.05, 0) is 41.8 Å². The first-order chi connectivity index (χ1) is 11.5. The van der Waals surface area contributed by atoms with E-state index in [0.29, 0.717) is 30.0 Å². The Morgan fingerprint density at radius 3 is 2.83 bits per heavy atom. The van der Waals surface area contributed by atoms with Gasteiger partial charge in [-0.2, -0.15) is 0 Å². The number of rotatable bonds is 5. The van der Waals surface area contributed by atoms with Gasteiger partial charge in [-0.25, -0.2) is 4.79 Å². The Labute approximate surface area is 143 Å². The fraction of sp³-hybridized carbons (Fsp3) is 0.222. The maximum atomic E-state index is 12.0. The predicted molar refractivity (Wildman–Crippen MR) is 93.3 cm³/mol. The summed E-state index contributed by atoms with van der Waals surface area (Å²) in [5.74, 6) is -0.429. The van der Waals surface area contributed by atoms with Crippen molar-refractivity contribution in [2.75, 3.05) is 6.54 Å². The Bertz CT molecular complexity index is 943. The van der Waals surface area contributed by atoms with Crippen LogP contribution in [-0.4, -0.2) is 17.0 Å². The van der Waals surface area contributed by atoms with Gasteiger partial charge in [-0.3, -0.25) is 9.36 Å². The first-order valence-electron chi connectivity index (χ1n) is 7.62. The summed E-state index contributed by atoms with van der Waals surface area (Å²) in [6.07, 6.45) is 0.961. The van der Waals surface area contributed by atoms with E-state index < -0.39 is 0 Å². The van der Waals surface area contributed by atoms with Gasteiger partial charge < -0.3 is 9.73 Å². The van der Waals surface area contributed by atoms with E-state index in [9.17, 15) is 9.59 Å². The van der Waals surface area contributed by atoms with Gasteiger partial charge in [-0.15, -0.1) is 0 Å². The van der Waals surface area contributed by atoms with E-state index in [1.807, 2.05) is 30.3 Å². The van der Waals surface area contributed by atoms with Crippen molar-refractivity contribution >= 4 is 28.6 Å². The Morgan fingerprint density at radius 2 is 2.04 bits per heavy atom. The van der Waals surface area contributed by atoms with Gasteiger partial charge in [0.15, 0.2) is 5.58 Å². The van der Waals surface area contributed by atoms with Crippen molar-refractivity contribution in [3.8, 4) is 0 Å². The van der Waals surface area contributed by atoms with E-state index in [-0.39, 0.29) is 11.7 Å². The molecule has 124 valence electrons. The molecule has 1 aromatic heterocycles. The number of halogens is 1. The lowest BCUT2D eigenvalue weighted by molar-refractivity contribution is -0.120. The number of oxazole rings is 1. The highest BCUT2D eigenvalue weighted by molar-refractivity contribution is 6.30. The summed E-state index contributed by atoms with van der Waals surface area (Å²) in [6.45, 7) is 0.516. The maximum absolute atomic E-state index is 12.0. The molecule has 0 atom stereocenters. The number of hydrogen-bond donors (Lipinski definition) is 1. The molecule has 0 aliphatic heterocycles. The highest BCUT2D eigenvalue weighted by Crippen LogP contribution is 2.14. The minimum Gasteiger partial charge on any atom is -0.408 e. The van der Waals surface area contributed by atoms with E-state index >= 15 is 0 Å². The van der Waals surface area contributed by atoms with Gasteiger partial charge in [0.05, 0.1) is 11.9 Å². The fourth-order valence-corrected chi connectivity index (χ4v) is 2.79. The molecule has 0 fully saturated rings. The van der Waals surface area contributed by atoms with Crippen LogP contribution in [0.2, 0.25) is 5.02 Å². The van der Waals surface area contributed by atoms with Crippen molar-refractivity contribution in [3.05, 3.63) is 69.2 Å². The van der Waals surface area contributed by atoms with Crippen molar-refractivity contribution in [2.45, 2.75) is 12.8 Å². The molecule has 0 aliphatic carbocycles. The van der Waals surface area contributed by atoms with Crippen molar-refractivity contribution < 1.29 is 9.21 Å². The van der Waals surface area contributed by atoms with Gasteiger partial charge >= 0.3 is 5.76 Å². The predicted octanol–water partition coefficient (Wildman–Crippen LogP) is 2.69. The molecule has 0 bridgehead atoms. The van der Waals surface area contributed by atoms with E-state index in [1.54, 1.807) is 19.2 Å². The summed E-state index contributed by atoms with van der Waals surface area (Å²) in [4.78, 5) is 23.4. The van der Waals surface area contributed by atoms with E-state index in [1.165, 1.54) is 4.57 Å². The van der Waals surface area contributed by atoms with Gasteiger partial charge in [0, 0.05) is 18.6 Å². The maximum Gasteiger partial charge on any atom is 0.419 e. The van der Waals surface area contributed by atoms with E-state index in [4.69, 9.17) is 16.0 Å².